The normalized spacial score (nSPS) is 14.9. The molecule has 219 valence electrons. The first-order valence-corrected chi connectivity index (χ1v) is 13.4. The number of allylic oxidation sites excluding steroid dienone is 6. The Kier molecular flexibility index (Phi) is 27.4. The van der Waals surface area contributed by atoms with E-state index in [1.807, 2.05) is 46.8 Å². The number of rotatable bonds is 13. The number of methoxy groups -OCH3 is 1. The Bertz CT molecular complexity index is 744. The molecule has 8 heteroatoms. The molecule has 4 N–H and O–H groups in total. The fourth-order valence-corrected chi connectivity index (χ4v) is 2.45. The van der Waals surface area contributed by atoms with Crippen LogP contribution in [-0.2, 0) is 18.9 Å². The van der Waals surface area contributed by atoms with E-state index in [4.69, 9.17) is 19.9 Å². The van der Waals surface area contributed by atoms with Crippen LogP contribution in [0.25, 0.3) is 0 Å². The molecule has 1 radical (unpaired) electrons. The summed E-state index contributed by atoms with van der Waals surface area (Å²) in [5, 5.41) is 9.76. The average molecular weight is 538 g/mol. The van der Waals surface area contributed by atoms with Crippen LogP contribution in [0.5, 0.6) is 0 Å². The molecule has 0 fully saturated rings. The van der Waals surface area contributed by atoms with E-state index >= 15 is 0 Å². The second-order valence-corrected chi connectivity index (χ2v) is 9.14. The van der Waals surface area contributed by atoms with Crippen molar-refractivity contribution in [3.8, 4) is 0 Å². The Hall–Kier alpha value is -2.58. The van der Waals surface area contributed by atoms with Crippen LogP contribution in [0.15, 0.2) is 61.1 Å². The van der Waals surface area contributed by atoms with E-state index in [2.05, 4.69) is 37.0 Å². The number of nitrogens with two attached hydrogens (primary N) is 1. The standard InChI is InChI=1S/C16H25BNO2.C7H10O3.C5H12O.C2H6.H2/c1-3-13(4-2)6-5-10-17-20-16-12-14(9-11-18)7-8-15(16)19;1-3-7(9)10-5-4-6(2)8;1-5(2,3)6-4;1-2;/h3,5-8,13-14,19H,1,4,9-12,18H2,2H3;3H,1,4-5H2,2H3;1-4H3;1-2H3;1H/p+1/b6-5-;;;;. The van der Waals surface area contributed by atoms with E-state index in [1.54, 1.807) is 27.6 Å². The van der Waals surface area contributed by atoms with Gasteiger partial charge in [-0.25, -0.2) is 4.79 Å². The number of ether oxygens (including phenoxy) is 2. The third-order valence-corrected chi connectivity index (χ3v) is 4.90. The zero-order chi connectivity index (χ0) is 30.0. The highest BCUT2D eigenvalue weighted by atomic mass is 16.5. The van der Waals surface area contributed by atoms with Gasteiger partial charge in [-0.2, -0.15) is 0 Å². The van der Waals surface area contributed by atoms with Crippen molar-refractivity contribution in [2.24, 2.45) is 17.6 Å². The van der Waals surface area contributed by atoms with Crippen LogP contribution in [0.4, 0.5) is 0 Å². The zero-order valence-electron chi connectivity index (χ0n) is 25.2. The van der Waals surface area contributed by atoms with Crippen LogP contribution < -0.4 is 5.73 Å². The van der Waals surface area contributed by atoms with E-state index in [0.717, 1.165) is 18.9 Å². The Balaban J connectivity index is -0.000000270. The quantitative estimate of drug-likeness (QED) is 0.0662. The van der Waals surface area contributed by atoms with Gasteiger partial charge >= 0.3 is 13.5 Å². The molecule has 0 bridgehead atoms. The maximum absolute atomic E-state index is 10.4. The maximum Gasteiger partial charge on any atom is 0.373 e. The molecule has 7 nitrogen and oxygen atoms in total. The van der Waals surface area contributed by atoms with Gasteiger partial charge in [0.25, 0.3) is 5.78 Å². The third kappa shape index (κ3) is 26.5. The number of carbonyl (C=O) groups excluding carboxylic acids is 2. The van der Waals surface area contributed by atoms with E-state index in [9.17, 15) is 9.90 Å². The summed E-state index contributed by atoms with van der Waals surface area (Å²) in [5.41, 5.74) is 5.60. The lowest BCUT2D eigenvalue weighted by molar-refractivity contribution is -0.137. The van der Waals surface area contributed by atoms with Gasteiger partial charge in [-0.1, -0.05) is 51.7 Å². The van der Waals surface area contributed by atoms with E-state index in [-0.39, 0.29) is 25.2 Å². The van der Waals surface area contributed by atoms with Gasteiger partial charge in [0.1, 0.15) is 12.4 Å². The molecule has 0 aliphatic heterocycles. The predicted molar refractivity (Wildman–Crippen MR) is 164 cm³/mol. The lowest BCUT2D eigenvalue weighted by Gasteiger charge is -2.20. The first kappa shape index (κ1) is 39.9. The fourth-order valence-electron chi connectivity index (χ4n) is 2.45. The lowest BCUT2D eigenvalue weighted by atomic mass is 9.91. The fraction of sp³-hybridized carbons (Fsp3) is 0.600. The minimum absolute atomic E-state index is 0. The summed E-state index contributed by atoms with van der Waals surface area (Å²) in [6, 6.07) is 0. The van der Waals surface area contributed by atoms with Crippen molar-refractivity contribution >= 4 is 19.2 Å². The summed E-state index contributed by atoms with van der Waals surface area (Å²) in [6.07, 6.45) is 14.7. The van der Waals surface area contributed by atoms with Crippen LogP contribution in [0.2, 0.25) is 6.32 Å². The van der Waals surface area contributed by atoms with Gasteiger partial charge in [-0.05, 0) is 64.4 Å². The van der Waals surface area contributed by atoms with Gasteiger partial charge in [-0.3, -0.25) is 4.79 Å². The van der Waals surface area contributed by atoms with Crippen molar-refractivity contribution in [1.29, 1.82) is 0 Å². The molecule has 0 aromatic carbocycles. The average Bonchev–Trinajstić information content (AvgIpc) is 2.89. The van der Waals surface area contributed by atoms with Crippen LogP contribution in [0.3, 0.4) is 0 Å². The SMILES string of the molecule is C=CC(/C=C\C[B]OC1=C(O)C=CC(CCN)C1)CC.C=CC(=O)OCCC(C)=[OH+].CC.COC(C)(C)C.[HH]. The molecule has 2 atom stereocenters. The van der Waals surface area contributed by atoms with Gasteiger partial charge < -0.3 is 25.0 Å². The minimum atomic E-state index is -0.457. The largest absolute Gasteiger partial charge is 0.563 e. The number of aliphatic hydroxyl groups is 1. The first-order valence-electron chi connectivity index (χ1n) is 13.4. The smallest absolute Gasteiger partial charge is 0.373 e. The van der Waals surface area contributed by atoms with Crippen LogP contribution in [-0.4, -0.2) is 55.0 Å². The zero-order valence-corrected chi connectivity index (χ0v) is 25.2. The van der Waals surface area contributed by atoms with Gasteiger partial charge in [-0.15, -0.1) is 6.58 Å². The first-order chi connectivity index (χ1) is 17.9. The number of ketones is 1. The molecule has 0 heterocycles. The van der Waals surface area contributed by atoms with Crippen molar-refractivity contribution in [1.82, 2.24) is 0 Å². The summed E-state index contributed by atoms with van der Waals surface area (Å²) in [4.78, 5) is 19.0. The summed E-state index contributed by atoms with van der Waals surface area (Å²) in [7, 11) is 3.43. The molecule has 0 amide bonds. The second kappa shape index (κ2) is 26.0. The van der Waals surface area contributed by atoms with Gasteiger partial charge in [0.05, 0.1) is 12.0 Å². The Labute approximate surface area is 234 Å². The summed E-state index contributed by atoms with van der Waals surface area (Å²) >= 11 is 0. The van der Waals surface area contributed by atoms with Crippen LogP contribution in [0.1, 0.15) is 75.6 Å². The highest BCUT2D eigenvalue weighted by Crippen LogP contribution is 2.25. The molecule has 0 aromatic heterocycles. The van der Waals surface area contributed by atoms with Crippen molar-refractivity contribution in [3.05, 3.63) is 61.1 Å². The van der Waals surface area contributed by atoms with Crippen molar-refractivity contribution in [3.63, 3.8) is 0 Å². The molecule has 1 aliphatic carbocycles. The molecule has 0 spiro atoms. The summed E-state index contributed by atoms with van der Waals surface area (Å²) in [6.45, 7) is 21.6. The Morgan fingerprint density at radius 2 is 1.97 bits per heavy atom. The third-order valence-electron chi connectivity index (χ3n) is 4.90. The van der Waals surface area contributed by atoms with E-state index in [1.165, 1.54) is 0 Å². The number of hydrogen-bond acceptors (Lipinski definition) is 6. The lowest BCUT2D eigenvalue weighted by Crippen LogP contribution is -2.15. The highest BCUT2D eigenvalue weighted by Gasteiger charge is 2.16. The number of carbonyl (C=O) groups is 1. The van der Waals surface area contributed by atoms with Crippen molar-refractivity contribution < 1.29 is 30.3 Å². The molecule has 2 unspecified atom stereocenters. The number of hydrogen-bond donors (Lipinski definition) is 2. The van der Waals surface area contributed by atoms with E-state index < -0.39 is 5.97 Å². The molecular formula is C30H56BNO6+. The van der Waals surface area contributed by atoms with Gasteiger partial charge in [0, 0.05) is 28.0 Å². The molecule has 1 rings (SSSR count). The number of esters is 1. The van der Waals surface area contributed by atoms with Gasteiger partial charge in [0.15, 0.2) is 5.76 Å². The second-order valence-electron chi connectivity index (χ2n) is 9.14. The Morgan fingerprint density at radius 3 is 2.42 bits per heavy atom. The summed E-state index contributed by atoms with van der Waals surface area (Å²) < 4.78 is 15.1. The molecule has 0 aromatic rings. The Morgan fingerprint density at radius 1 is 1.37 bits per heavy atom. The topological polar surface area (TPSA) is 112 Å². The van der Waals surface area contributed by atoms with Crippen molar-refractivity contribution in [2.45, 2.75) is 86.1 Å². The minimum Gasteiger partial charge on any atom is -0.563 e. The maximum atomic E-state index is 10.4. The molecule has 38 heavy (non-hydrogen) atoms. The van der Waals surface area contributed by atoms with Crippen LogP contribution in [0, 0.1) is 11.8 Å². The highest BCUT2D eigenvalue weighted by molar-refractivity contribution is 6.28. The van der Waals surface area contributed by atoms with Crippen molar-refractivity contribution in [2.75, 3.05) is 20.3 Å². The molecule has 0 saturated heterocycles. The predicted octanol–water partition coefficient (Wildman–Crippen LogP) is 6.88. The molecule has 0 saturated carbocycles. The monoisotopic (exact) mass is 537 g/mol. The molecule has 1 aliphatic rings. The van der Waals surface area contributed by atoms with E-state index in [0.29, 0.717) is 43.3 Å². The van der Waals surface area contributed by atoms with Crippen LogP contribution >= 0.6 is 0 Å². The number of aliphatic hydroxyl groups excluding tert-OH is 1. The van der Waals surface area contributed by atoms with Gasteiger partial charge in [0.2, 0.25) is 0 Å². The summed E-state index contributed by atoms with van der Waals surface area (Å²) in [5.74, 6) is 1.44. The molecular weight excluding hydrogens is 481 g/mol.